The number of amides is 2. The molecule has 2 aromatic rings. The largest absolute Gasteiger partial charge is 0.444 e. The van der Waals surface area contributed by atoms with E-state index in [0.717, 1.165) is 12.1 Å². The van der Waals surface area contributed by atoms with E-state index in [0.29, 0.717) is 16.3 Å². The Morgan fingerprint density at radius 3 is 2.23 bits per heavy atom. The van der Waals surface area contributed by atoms with Crippen LogP contribution in [0, 0.1) is 0 Å². The van der Waals surface area contributed by atoms with Crippen LogP contribution in [0.5, 0.6) is 0 Å². The molecule has 188 valence electrons. The highest BCUT2D eigenvalue weighted by Crippen LogP contribution is 2.30. The number of nitrogens with zero attached hydrogens (tertiary/aromatic N) is 2. The second-order valence-corrected chi connectivity index (χ2v) is 9.80. The molecule has 0 saturated carbocycles. The Balaban J connectivity index is 1.76. The predicted molar refractivity (Wildman–Crippen MR) is 127 cm³/mol. The number of alkyl halides is 3. The van der Waals surface area contributed by atoms with Crippen molar-refractivity contribution in [3.05, 3.63) is 64.7 Å². The maximum Gasteiger partial charge on any atom is 0.416 e. The maximum atomic E-state index is 12.8. The van der Waals surface area contributed by atoms with Crippen molar-refractivity contribution < 1.29 is 27.5 Å². The number of nitrogens with one attached hydrogen (secondary N) is 2. The number of hydrogen-bond donors (Lipinski definition) is 2. The van der Waals surface area contributed by atoms with Crippen molar-refractivity contribution >= 4 is 35.0 Å². The first kappa shape index (κ1) is 26.3. The first-order valence-electron chi connectivity index (χ1n) is 10.7. The lowest BCUT2D eigenvalue weighted by molar-refractivity contribution is -0.137. The number of carbonyl (C=O) groups excluding carboxylic acids is 2. The third-order valence-corrected chi connectivity index (χ3v) is 5.23. The first-order chi connectivity index (χ1) is 16.1. The summed E-state index contributed by atoms with van der Waals surface area (Å²) in [5.41, 5.74) is -1.10. The molecule has 0 radical (unpaired) electrons. The monoisotopic (exact) mass is 510 g/mol. The van der Waals surface area contributed by atoms with E-state index in [1.165, 1.54) is 17.1 Å². The molecule has 0 spiro atoms. The van der Waals surface area contributed by atoms with E-state index in [1.54, 1.807) is 52.0 Å². The van der Waals surface area contributed by atoms with Gasteiger partial charge >= 0.3 is 12.3 Å². The molecule has 1 atom stereocenters. The van der Waals surface area contributed by atoms with Crippen molar-refractivity contribution in [2.75, 3.05) is 18.4 Å². The molecule has 2 aromatic carbocycles. The molecular weight excluding hydrogens is 485 g/mol. The highest BCUT2D eigenvalue weighted by Gasteiger charge is 2.42. The Bertz CT molecular complexity index is 1110. The molecule has 11 heteroatoms. The number of halogens is 4. The van der Waals surface area contributed by atoms with E-state index < -0.39 is 34.9 Å². The zero-order valence-corrected chi connectivity index (χ0v) is 20.4. The Labute approximate surface area is 206 Å². The minimum atomic E-state index is -4.46. The van der Waals surface area contributed by atoms with Crippen molar-refractivity contribution in [1.29, 1.82) is 0 Å². The molecule has 1 aliphatic heterocycles. The van der Waals surface area contributed by atoms with Gasteiger partial charge in [0, 0.05) is 16.3 Å². The van der Waals surface area contributed by atoms with Gasteiger partial charge in [0.15, 0.2) is 0 Å². The summed E-state index contributed by atoms with van der Waals surface area (Å²) in [7, 11) is 0. The molecule has 0 aromatic heterocycles. The summed E-state index contributed by atoms with van der Waals surface area (Å²) >= 11 is 6.00. The van der Waals surface area contributed by atoms with Crippen molar-refractivity contribution in [3.63, 3.8) is 0 Å². The van der Waals surface area contributed by atoms with Crippen LogP contribution in [0.2, 0.25) is 5.02 Å². The lowest BCUT2D eigenvalue weighted by Crippen LogP contribution is -2.55. The van der Waals surface area contributed by atoms with Gasteiger partial charge < -0.3 is 15.4 Å². The Morgan fingerprint density at radius 1 is 1.09 bits per heavy atom. The van der Waals surface area contributed by atoms with E-state index in [-0.39, 0.29) is 18.8 Å². The lowest BCUT2D eigenvalue weighted by Gasteiger charge is -2.29. The average Bonchev–Trinajstić information content (AvgIpc) is 3.01. The lowest BCUT2D eigenvalue weighted by atomic mass is 9.91. The first-order valence-corrected chi connectivity index (χ1v) is 11.1. The van der Waals surface area contributed by atoms with Crippen LogP contribution >= 0.6 is 11.6 Å². The number of hydrogen-bond acceptors (Lipinski definition) is 5. The van der Waals surface area contributed by atoms with E-state index in [1.807, 2.05) is 0 Å². The number of hydrazone groups is 1. The van der Waals surface area contributed by atoms with E-state index in [2.05, 4.69) is 15.7 Å². The third-order valence-electron chi connectivity index (χ3n) is 4.98. The molecule has 0 aliphatic carbocycles. The van der Waals surface area contributed by atoms with Crippen molar-refractivity contribution in [2.45, 2.75) is 45.0 Å². The highest BCUT2D eigenvalue weighted by molar-refractivity contribution is 6.30. The molecule has 1 aliphatic rings. The molecule has 1 heterocycles. The fourth-order valence-electron chi connectivity index (χ4n) is 3.54. The van der Waals surface area contributed by atoms with Crippen molar-refractivity contribution in [3.8, 4) is 0 Å². The molecule has 3 rings (SSSR count). The zero-order valence-electron chi connectivity index (χ0n) is 19.7. The van der Waals surface area contributed by atoms with E-state index in [4.69, 9.17) is 16.3 Å². The maximum absolute atomic E-state index is 12.8. The SMILES string of the molecule is CC(C)(C)OC(=O)NC1(C)CN(CC(=O)Nc2ccc(C(F)(F)F)cc2)N=C1c1ccc(Cl)cc1. The minimum Gasteiger partial charge on any atom is -0.444 e. The summed E-state index contributed by atoms with van der Waals surface area (Å²) in [6.45, 7) is 6.97. The summed E-state index contributed by atoms with van der Waals surface area (Å²) in [5.74, 6) is -0.481. The quantitative estimate of drug-likeness (QED) is 0.572. The zero-order chi connectivity index (χ0) is 26.0. The fourth-order valence-corrected chi connectivity index (χ4v) is 3.66. The van der Waals surface area contributed by atoms with Gasteiger partial charge in [-0.05, 0) is 64.1 Å². The van der Waals surface area contributed by atoms with E-state index in [9.17, 15) is 22.8 Å². The van der Waals surface area contributed by atoms with Gasteiger partial charge in [0.1, 0.15) is 17.7 Å². The van der Waals surface area contributed by atoms with Crippen LogP contribution in [-0.2, 0) is 15.7 Å². The molecule has 0 saturated heterocycles. The second-order valence-electron chi connectivity index (χ2n) is 9.36. The molecule has 1 unspecified atom stereocenters. The van der Waals surface area contributed by atoms with E-state index >= 15 is 0 Å². The molecule has 2 N–H and O–H groups in total. The number of ether oxygens (including phenoxy) is 1. The minimum absolute atomic E-state index is 0.157. The number of rotatable bonds is 5. The van der Waals surface area contributed by atoms with Crippen LogP contribution in [0.3, 0.4) is 0 Å². The summed E-state index contributed by atoms with van der Waals surface area (Å²) in [6.07, 6.45) is -5.10. The van der Waals surface area contributed by atoms with Gasteiger partial charge in [0.2, 0.25) is 5.91 Å². The van der Waals surface area contributed by atoms with Crippen LogP contribution in [-0.4, -0.2) is 47.0 Å². The Morgan fingerprint density at radius 2 is 1.69 bits per heavy atom. The molecule has 2 amide bonds. The van der Waals surface area contributed by atoms with Crippen molar-refractivity contribution in [2.24, 2.45) is 5.10 Å². The number of carbonyl (C=O) groups is 2. The fraction of sp³-hybridized carbons (Fsp3) is 0.375. The summed E-state index contributed by atoms with van der Waals surface area (Å²) in [4.78, 5) is 25.1. The molecule has 35 heavy (non-hydrogen) atoms. The average molecular weight is 511 g/mol. The molecule has 0 fully saturated rings. The van der Waals surface area contributed by atoms with Crippen molar-refractivity contribution in [1.82, 2.24) is 10.3 Å². The normalized spacial score (nSPS) is 18.2. The molecular formula is C24H26ClF3N4O3. The van der Waals surface area contributed by atoms with Gasteiger partial charge in [-0.2, -0.15) is 18.3 Å². The smallest absolute Gasteiger partial charge is 0.416 e. The Hall–Kier alpha value is -3.27. The topological polar surface area (TPSA) is 83.0 Å². The van der Waals surface area contributed by atoms with Gasteiger partial charge in [0.25, 0.3) is 0 Å². The second kappa shape index (κ2) is 9.77. The summed E-state index contributed by atoms with van der Waals surface area (Å²) in [5, 5.41) is 12.0. The number of anilines is 1. The third kappa shape index (κ3) is 7.11. The van der Waals surface area contributed by atoms with Gasteiger partial charge in [-0.3, -0.25) is 9.80 Å². The van der Waals surface area contributed by atoms with Crippen LogP contribution in [0.25, 0.3) is 0 Å². The van der Waals surface area contributed by atoms with Gasteiger partial charge in [0.05, 0.1) is 17.8 Å². The predicted octanol–water partition coefficient (Wildman–Crippen LogP) is 5.30. The Kier molecular flexibility index (Phi) is 7.35. The molecule has 7 nitrogen and oxygen atoms in total. The molecule has 0 bridgehead atoms. The number of alkyl carbamates (subject to hydrolysis) is 1. The van der Waals surface area contributed by atoms with Crippen LogP contribution in [0.15, 0.2) is 53.6 Å². The van der Waals surface area contributed by atoms with Gasteiger partial charge in [-0.25, -0.2) is 4.79 Å². The van der Waals surface area contributed by atoms with Crippen LogP contribution in [0.4, 0.5) is 23.7 Å². The standard InChI is InChI=1S/C24H26ClF3N4O3/c1-22(2,3)35-21(34)30-23(4)14-32(31-20(23)15-5-9-17(25)10-6-15)13-19(33)29-18-11-7-16(8-12-18)24(26,27)28/h5-12H,13-14H2,1-4H3,(H,29,33)(H,30,34). The van der Waals surface area contributed by atoms with Gasteiger partial charge in [-0.1, -0.05) is 23.7 Å². The summed E-state index contributed by atoms with van der Waals surface area (Å²) < 4.78 is 43.6. The van der Waals surface area contributed by atoms with Crippen LogP contribution in [0.1, 0.15) is 38.8 Å². The summed E-state index contributed by atoms with van der Waals surface area (Å²) in [6, 6.07) is 11.0. The highest BCUT2D eigenvalue weighted by atomic mass is 35.5. The van der Waals surface area contributed by atoms with Crippen LogP contribution < -0.4 is 10.6 Å². The van der Waals surface area contributed by atoms with Gasteiger partial charge in [-0.15, -0.1) is 0 Å². The number of benzene rings is 2.